The summed E-state index contributed by atoms with van der Waals surface area (Å²) in [6.45, 7) is 2.36. The van der Waals surface area contributed by atoms with Crippen LogP contribution in [-0.4, -0.2) is 30.1 Å². The first-order valence-electron chi connectivity index (χ1n) is 6.90. The van der Waals surface area contributed by atoms with E-state index in [0.29, 0.717) is 11.6 Å². The number of likely N-dealkylation sites (N-methyl/N-ethyl adjacent to an activating group) is 1. The van der Waals surface area contributed by atoms with Gasteiger partial charge in [0.25, 0.3) is 0 Å². The van der Waals surface area contributed by atoms with Gasteiger partial charge >= 0.3 is 0 Å². The van der Waals surface area contributed by atoms with E-state index < -0.39 is 0 Å². The third-order valence-corrected chi connectivity index (χ3v) is 3.38. The first-order chi connectivity index (χ1) is 10.1. The number of nitrogens with zero attached hydrogens (tertiary/aromatic N) is 1. The smallest absolute Gasteiger partial charge is 0.119 e. The summed E-state index contributed by atoms with van der Waals surface area (Å²) >= 11 is 5.00. The molecule has 0 unspecified atom stereocenters. The maximum atomic E-state index is 5.69. The van der Waals surface area contributed by atoms with Crippen molar-refractivity contribution in [2.24, 2.45) is 5.73 Å². The molecule has 0 heterocycles. The standard InChI is InChI=1S/C17H20N2OS/c1-19(10-11-20-16-8-3-2-4-9-16)13-14-6-5-7-15(12-14)17(18)21/h2-9,12H,10-11,13H2,1H3,(H2,18,21). The molecule has 0 bridgehead atoms. The number of thiocarbonyl (C=S) groups is 1. The van der Waals surface area contributed by atoms with E-state index >= 15 is 0 Å². The van der Waals surface area contributed by atoms with E-state index in [1.165, 1.54) is 5.56 Å². The molecule has 0 amide bonds. The number of para-hydroxylation sites is 1. The zero-order chi connectivity index (χ0) is 15.1. The van der Waals surface area contributed by atoms with Crippen molar-refractivity contribution in [2.75, 3.05) is 20.2 Å². The summed E-state index contributed by atoms with van der Waals surface area (Å²) in [6.07, 6.45) is 0. The van der Waals surface area contributed by atoms with Crippen LogP contribution in [0.5, 0.6) is 5.75 Å². The van der Waals surface area contributed by atoms with E-state index in [1.54, 1.807) is 0 Å². The Hall–Kier alpha value is -1.91. The van der Waals surface area contributed by atoms with E-state index in [2.05, 4.69) is 18.0 Å². The molecule has 0 saturated heterocycles. The largest absolute Gasteiger partial charge is 0.492 e. The molecule has 2 N–H and O–H groups in total. The third-order valence-electron chi connectivity index (χ3n) is 3.15. The molecule has 2 rings (SSSR count). The van der Waals surface area contributed by atoms with Crippen molar-refractivity contribution in [2.45, 2.75) is 6.54 Å². The summed E-state index contributed by atoms with van der Waals surface area (Å²) < 4.78 is 5.69. The molecule has 2 aromatic rings. The monoisotopic (exact) mass is 300 g/mol. The Morgan fingerprint density at radius 3 is 2.62 bits per heavy atom. The van der Waals surface area contributed by atoms with Crippen LogP contribution in [0.25, 0.3) is 0 Å². The molecule has 0 aromatic heterocycles. The molecule has 0 aliphatic rings. The first kappa shape index (κ1) is 15.5. The van der Waals surface area contributed by atoms with Crippen LogP contribution < -0.4 is 10.5 Å². The zero-order valence-corrected chi connectivity index (χ0v) is 13.0. The van der Waals surface area contributed by atoms with Crippen LogP contribution >= 0.6 is 12.2 Å². The van der Waals surface area contributed by atoms with Gasteiger partial charge in [0.1, 0.15) is 17.3 Å². The highest BCUT2D eigenvalue weighted by atomic mass is 32.1. The maximum absolute atomic E-state index is 5.69. The van der Waals surface area contributed by atoms with Crippen LogP contribution in [0.3, 0.4) is 0 Å². The zero-order valence-electron chi connectivity index (χ0n) is 12.2. The highest BCUT2D eigenvalue weighted by Crippen LogP contribution is 2.09. The summed E-state index contributed by atoms with van der Waals surface area (Å²) in [5, 5.41) is 0. The fourth-order valence-electron chi connectivity index (χ4n) is 2.05. The lowest BCUT2D eigenvalue weighted by Crippen LogP contribution is -2.24. The number of nitrogens with two attached hydrogens (primary N) is 1. The molecule has 21 heavy (non-hydrogen) atoms. The van der Waals surface area contributed by atoms with Gasteiger partial charge in [-0.05, 0) is 30.8 Å². The van der Waals surface area contributed by atoms with Gasteiger partial charge in [0.15, 0.2) is 0 Å². The Labute approximate surface area is 131 Å². The second-order valence-electron chi connectivity index (χ2n) is 4.96. The first-order valence-corrected chi connectivity index (χ1v) is 7.31. The number of benzene rings is 2. The topological polar surface area (TPSA) is 38.5 Å². The lowest BCUT2D eigenvalue weighted by Gasteiger charge is -2.17. The Kier molecular flexibility index (Phi) is 5.72. The quantitative estimate of drug-likeness (QED) is 0.798. The minimum atomic E-state index is 0.437. The highest BCUT2D eigenvalue weighted by Gasteiger charge is 2.03. The Morgan fingerprint density at radius 2 is 1.90 bits per heavy atom. The van der Waals surface area contributed by atoms with E-state index in [4.69, 9.17) is 22.7 Å². The predicted molar refractivity (Wildman–Crippen MR) is 90.6 cm³/mol. The van der Waals surface area contributed by atoms with E-state index in [1.807, 2.05) is 48.5 Å². The van der Waals surface area contributed by atoms with Gasteiger partial charge in [-0.3, -0.25) is 4.90 Å². The Bertz CT molecular complexity index is 586. The van der Waals surface area contributed by atoms with E-state index in [0.717, 1.165) is 24.4 Å². The highest BCUT2D eigenvalue weighted by molar-refractivity contribution is 7.80. The lowest BCUT2D eigenvalue weighted by molar-refractivity contribution is 0.233. The van der Waals surface area contributed by atoms with Crippen molar-refractivity contribution in [1.29, 1.82) is 0 Å². The summed E-state index contributed by atoms with van der Waals surface area (Å²) in [6, 6.07) is 17.9. The molecule has 4 heteroatoms. The summed E-state index contributed by atoms with van der Waals surface area (Å²) in [4.78, 5) is 2.65. The van der Waals surface area contributed by atoms with Crippen LogP contribution in [0.1, 0.15) is 11.1 Å². The second kappa shape index (κ2) is 7.76. The molecule has 0 aliphatic carbocycles. The third kappa shape index (κ3) is 5.17. The molecule has 3 nitrogen and oxygen atoms in total. The van der Waals surface area contributed by atoms with Crippen molar-refractivity contribution < 1.29 is 4.74 Å². The van der Waals surface area contributed by atoms with Crippen molar-refractivity contribution in [1.82, 2.24) is 4.90 Å². The molecule has 2 aromatic carbocycles. The van der Waals surface area contributed by atoms with Crippen LogP contribution in [0.15, 0.2) is 54.6 Å². The summed E-state index contributed by atoms with van der Waals surface area (Å²) in [7, 11) is 2.07. The van der Waals surface area contributed by atoms with Crippen molar-refractivity contribution in [3.05, 3.63) is 65.7 Å². The minimum absolute atomic E-state index is 0.437. The van der Waals surface area contributed by atoms with Crippen LogP contribution in [0, 0.1) is 0 Å². The molecule has 0 aliphatic heterocycles. The average molecular weight is 300 g/mol. The van der Waals surface area contributed by atoms with Crippen LogP contribution in [0.4, 0.5) is 0 Å². The van der Waals surface area contributed by atoms with Gasteiger partial charge in [0, 0.05) is 18.7 Å². The molecule has 0 spiro atoms. The van der Waals surface area contributed by atoms with E-state index in [9.17, 15) is 0 Å². The lowest BCUT2D eigenvalue weighted by atomic mass is 10.1. The minimum Gasteiger partial charge on any atom is -0.492 e. The molecule has 0 fully saturated rings. The molecule has 0 atom stereocenters. The van der Waals surface area contributed by atoms with E-state index in [-0.39, 0.29) is 0 Å². The van der Waals surface area contributed by atoms with Gasteiger partial charge in [-0.1, -0.05) is 48.6 Å². The molecular formula is C17H20N2OS. The van der Waals surface area contributed by atoms with Crippen molar-refractivity contribution in [3.8, 4) is 5.75 Å². The van der Waals surface area contributed by atoms with Crippen molar-refractivity contribution >= 4 is 17.2 Å². The Balaban J connectivity index is 1.80. The number of hydrogen-bond acceptors (Lipinski definition) is 3. The fourth-order valence-corrected chi connectivity index (χ4v) is 2.18. The average Bonchev–Trinajstić information content (AvgIpc) is 2.48. The fraction of sp³-hybridized carbons (Fsp3) is 0.235. The number of hydrogen-bond donors (Lipinski definition) is 1. The van der Waals surface area contributed by atoms with Gasteiger partial charge in [-0.2, -0.15) is 0 Å². The number of rotatable bonds is 7. The SMILES string of the molecule is CN(CCOc1ccccc1)Cc1cccc(C(N)=S)c1. The summed E-state index contributed by atoms with van der Waals surface area (Å²) in [5.41, 5.74) is 7.77. The maximum Gasteiger partial charge on any atom is 0.119 e. The van der Waals surface area contributed by atoms with Crippen LogP contribution in [-0.2, 0) is 6.54 Å². The van der Waals surface area contributed by atoms with Crippen molar-refractivity contribution in [3.63, 3.8) is 0 Å². The number of ether oxygens (including phenoxy) is 1. The normalized spacial score (nSPS) is 10.6. The summed E-state index contributed by atoms with van der Waals surface area (Å²) in [5.74, 6) is 0.904. The van der Waals surface area contributed by atoms with Gasteiger partial charge in [0.05, 0.1) is 0 Å². The van der Waals surface area contributed by atoms with Gasteiger partial charge < -0.3 is 10.5 Å². The van der Waals surface area contributed by atoms with Crippen LogP contribution in [0.2, 0.25) is 0 Å². The van der Waals surface area contributed by atoms with Gasteiger partial charge in [-0.15, -0.1) is 0 Å². The Morgan fingerprint density at radius 1 is 1.14 bits per heavy atom. The molecule has 110 valence electrons. The molecular weight excluding hydrogens is 280 g/mol. The second-order valence-corrected chi connectivity index (χ2v) is 5.40. The predicted octanol–water partition coefficient (Wildman–Crippen LogP) is 2.83. The van der Waals surface area contributed by atoms with Gasteiger partial charge in [0.2, 0.25) is 0 Å². The molecule has 0 saturated carbocycles. The molecule has 0 radical (unpaired) electrons. The van der Waals surface area contributed by atoms with Gasteiger partial charge in [-0.25, -0.2) is 0 Å².